The maximum atomic E-state index is 9.26. The minimum Gasteiger partial charge on any atom is -0.456 e. The summed E-state index contributed by atoms with van der Waals surface area (Å²) in [6, 6.07) is 61.6. The Bertz CT molecular complexity index is 4040. The molecule has 3 heterocycles. The zero-order chi connectivity index (χ0) is 41.6. The van der Waals surface area contributed by atoms with Crippen molar-refractivity contribution < 1.29 is 8.83 Å². The fraction of sp³-hybridized carbons (Fsp3) is 0.0526. The van der Waals surface area contributed by atoms with E-state index in [1.165, 1.54) is 32.3 Å². The van der Waals surface area contributed by atoms with Gasteiger partial charge in [0.25, 0.3) is 0 Å². The standard InChI is InChI=1S/C57H38N4O2/c58-56(36-14-2-1-3-15-36)60-57(59-33-34-25-28-51-44(29-34)41-20-10-11-23-50(41)62-51)43-22-12-24-52-54(43)46-32-49(40-19-8-9-21-42(40)55(46)63-52)61-47-27-26-35-13-6-7-18-39(35)53(47)45-30-37-16-4-5-17-38(37)31-48(45)61/h1-24,26-32,34H,25,33H2,(H2,58,59,60). The van der Waals surface area contributed by atoms with Crippen molar-refractivity contribution in [2.45, 2.75) is 6.42 Å². The Labute approximate surface area is 360 Å². The van der Waals surface area contributed by atoms with E-state index in [-0.39, 0.29) is 11.8 Å². The average Bonchev–Trinajstić information content (AvgIpc) is 4.01. The minimum absolute atomic E-state index is 0.174. The van der Waals surface area contributed by atoms with E-state index in [2.05, 4.69) is 143 Å². The molecule has 1 aliphatic carbocycles. The van der Waals surface area contributed by atoms with Crippen molar-refractivity contribution in [3.8, 4) is 5.69 Å². The maximum absolute atomic E-state index is 9.26. The molecule has 0 bridgehead atoms. The smallest absolute Gasteiger partial charge is 0.154 e. The molecule has 1 atom stereocenters. The number of furan rings is 2. The van der Waals surface area contributed by atoms with Gasteiger partial charge in [0.15, 0.2) is 5.84 Å². The molecule has 63 heavy (non-hydrogen) atoms. The first-order valence-electron chi connectivity index (χ1n) is 21.5. The molecule has 13 rings (SSSR count). The van der Waals surface area contributed by atoms with E-state index in [9.17, 15) is 5.41 Å². The second kappa shape index (κ2) is 13.9. The van der Waals surface area contributed by atoms with Crippen LogP contribution in [-0.2, 0) is 0 Å². The van der Waals surface area contributed by atoms with E-state index in [0.29, 0.717) is 12.4 Å². The summed E-state index contributed by atoms with van der Waals surface area (Å²) < 4.78 is 15.6. The van der Waals surface area contributed by atoms with Crippen LogP contribution in [-0.4, -0.2) is 22.8 Å². The van der Waals surface area contributed by atoms with Gasteiger partial charge in [0.1, 0.15) is 28.0 Å². The number of hydrogen-bond acceptors (Lipinski definition) is 3. The molecule has 0 saturated heterocycles. The van der Waals surface area contributed by atoms with Crippen LogP contribution >= 0.6 is 0 Å². The summed E-state index contributed by atoms with van der Waals surface area (Å²) in [5, 5.41) is 26.6. The Morgan fingerprint density at radius 1 is 0.587 bits per heavy atom. The van der Waals surface area contributed by atoms with Crippen LogP contribution in [0.2, 0.25) is 0 Å². The number of aliphatic imine (C=N–C) groups is 1. The van der Waals surface area contributed by atoms with Crippen molar-refractivity contribution in [3.05, 3.63) is 198 Å². The molecule has 0 fully saturated rings. The van der Waals surface area contributed by atoms with Gasteiger partial charge in [0.05, 0.1) is 16.7 Å². The van der Waals surface area contributed by atoms with Gasteiger partial charge in [0, 0.05) is 60.6 Å². The molecule has 3 aromatic heterocycles. The lowest BCUT2D eigenvalue weighted by molar-refractivity contribution is 0.563. The van der Waals surface area contributed by atoms with Gasteiger partial charge in [-0.3, -0.25) is 5.41 Å². The van der Waals surface area contributed by atoms with Crippen molar-refractivity contribution >= 4 is 111 Å². The molecule has 298 valence electrons. The van der Waals surface area contributed by atoms with Gasteiger partial charge < -0.3 is 18.7 Å². The Hall–Kier alpha value is -8.22. The van der Waals surface area contributed by atoms with Crippen LogP contribution in [0.25, 0.3) is 105 Å². The third-order valence-electron chi connectivity index (χ3n) is 13.0. The number of nitrogens with zero attached hydrogens (tertiary/aromatic N) is 2. The summed E-state index contributed by atoms with van der Waals surface area (Å²) in [6.07, 6.45) is 5.33. The molecule has 1 unspecified atom stereocenters. The maximum Gasteiger partial charge on any atom is 0.154 e. The minimum atomic E-state index is 0.174. The van der Waals surface area contributed by atoms with Crippen LogP contribution < -0.4 is 16.0 Å². The molecular weight excluding hydrogens is 773 g/mol. The molecule has 12 aromatic rings. The van der Waals surface area contributed by atoms with Gasteiger partial charge in [-0.05, 0) is 76.4 Å². The van der Waals surface area contributed by atoms with Crippen molar-refractivity contribution in [1.82, 2.24) is 9.88 Å². The predicted octanol–water partition coefficient (Wildman–Crippen LogP) is 12.5. The van der Waals surface area contributed by atoms with Crippen molar-refractivity contribution in [2.24, 2.45) is 10.9 Å². The summed E-state index contributed by atoms with van der Waals surface area (Å²) in [5.74, 6) is 0.979. The second-order valence-corrected chi connectivity index (χ2v) is 16.6. The summed E-state index contributed by atoms with van der Waals surface area (Å²) in [6.45, 7) is 0.611. The molecule has 0 amide bonds. The zero-order valence-electron chi connectivity index (χ0n) is 34.1. The molecule has 0 aliphatic heterocycles. The molecule has 6 nitrogen and oxygen atoms in total. The first-order chi connectivity index (χ1) is 31.1. The van der Waals surface area contributed by atoms with E-state index in [4.69, 9.17) is 13.8 Å². The van der Waals surface area contributed by atoms with E-state index < -0.39 is 0 Å². The lowest BCUT2D eigenvalue weighted by Gasteiger charge is -2.17. The number of para-hydroxylation sites is 1. The van der Waals surface area contributed by atoms with E-state index in [1.54, 1.807) is 0 Å². The molecule has 0 spiro atoms. The first kappa shape index (κ1) is 35.5. The van der Waals surface area contributed by atoms with Gasteiger partial charge in [-0.25, -0.2) is 4.99 Å². The number of benzene rings is 9. The van der Waals surface area contributed by atoms with E-state index in [0.717, 1.165) is 88.6 Å². The average molecular weight is 811 g/mol. The molecule has 0 saturated carbocycles. The van der Waals surface area contributed by atoms with Gasteiger partial charge in [0.2, 0.25) is 0 Å². The number of aromatic nitrogens is 1. The summed E-state index contributed by atoms with van der Waals surface area (Å²) in [4.78, 5) is 5.10. The Morgan fingerprint density at radius 3 is 2.16 bits per heavy atom. The number of amidine groups is 2. The molecule has 9 aromatic carbocycles. The molecule has 2 N–H and O–H groups in total. The lowest BCUT2D eigenvalue weighted by atomic mass is 9.98. The van der Waals surface area contributed by atoms with E-state index in [1.807, 2.05) is 54.6 Å². The van der Waals surface area contributed by atoms with Gasteiger partial charge in [-0.1, -0.05) is 146 Å². The topological polar surface area (TPSA) is 79.5 Å². The number of rotatable bonds is 5. The number of nitrogens with one attached hydrogen (secondary N) is 2. The monoisotopic (exact) mass is 810 g/mol. The van der Waals surface area contributed by atoms with Crippen LogP contribution in [0.5, 0.6) is 0 Å². The second-order valence-electron chi connectivity index (χ2n) is 16.6. The molecule has 0 radical (unpaired) electrons. The van der Waals surface area contributed by atoms with Crippen LogP contribution in [0.15, 0.2) is 190 Å². The highest BCUT2D eigenvalue weighted by atomic mass is 16.3. The normalized spacial score (nSPS) is 14.3. The van der Waals surface area contributed by atoms with Crippen LogP contribution in [0.3, 0.4) is 0 Å². The van der Waals surface area contributed by atoms with Crippen molar-refractivity contribution in [2.75, 3.05) is 6.54 Å². The number of fused-ring (bicyclic) bond motifs is 14. The van der Waals surface area contributed by atoms with Gasteiger partial charge >= 0.3 is 0 Å². The third-order valence-corrected chi connectivity index (χ3v) is 13.0. The molecule has 6 heteroatoms. The molecular formula is C57H38N4O2. The van der Waals surface area contributed by atoms with Gasteiger partial charge in [-0.2, -0.15) is 0 Å². The lowest BCUT2D eigenvalue weighted by Crippen LogP contribution is -2.34. The largest absolute Gasteiger partial charge is 0.456 e. The summed E-state index contributed by atoms with van der Waals surface area (Å²) in [5.41, 5.74) is 8.38. The first-order valence-corrected chi connectivity index (χ1v) is 21.5. The summed E-state index contributed by atoms with van der Waals surface area (Å²) >= 11 is 0. The third kappa shape index (κ3) is 5.58. The summed E-state index contributed by atoms with van der Waals surface area (Å²) in [7, 11) is 0. The SMILES string of the molecule is N=C(/N=C(\NCC1C=c2c(oc3ccccc23)=CC1)c1cccc2oc3c4ccccc4c(-n4c5cc6ccccc6cc5c5c6ccccc6ccc54)cc3c12)c1ccccc1. The van der Waals surface area contributed by atoms with E-state index >= 15 is 0 Å². The number of hydrogen-bond donors (Lipinski definition) is 2. The Kier molecular flexibility index (Phi) is 7.84. The fourth-order valence-electron chi connectivity index (χ4n) is 10.1. The Balaban J connectivity index is 1.05. The fourth-order valence-corrected chi connectivity index (χ4v) is 10.1. The van der Waals surface area contributed by atoms with Crippen LogP contribution in [0, 0.1) is 11.3 Å². The highest BCUT2D eigenvalue weighted by Crippen LogP contribution is 2.44. The highest BCUT2D eigenvalue weighted by Gasteiger charge is 2.23. The molecule has 1 aliphatic rings. The van der Waals surface area contributed by atoms with Crippen molar-refractivity contribution in [1.29, 1.82) is 5.41 Å². The van der Waals surface area contributed by atoms with Crippen LogP contribution in [0.1, 0.15) is 17.5 Å². The Morgan fingerprint density at radius 2 is 1.30 bits per heavy atom. The predicted molar refractivity (Wildman–Crippen MR) is 261 cm³/mol. The van der Waals surface area contributed by atoms with Gasteiger partial charge in [-0.15, -0.1) is 0 Å². The highest BCUT2D eigenvalue weighted by molar-refractivity contribution is 6.27. The van der Waals surface area contributed by atoms with Crippen molar-refractivity contribution in [3.63, 3.8) is 0 Å². The quantitative estimate of drug-likeness (QED) is 0.134. The zero-order valence-corrected chi connectivity index (χ0v) is 34.1. The van der Waals surface area contributed by atoms with Crippen LogP contribution in [0.4, 0.5) is 0 Å².